The van der Waals surface area contributed by atoms with Crippen LogP contribution < -0.4 is 10.2 Å². The predicted molar refractivity (Wildman–Crippen MR) is 74.7 cm³/mol. The highest BCUT2D eigenvalue weighted by Gasteiger charge is 2.32. The second kappa shape index (κ2) is 6.92. The van der Waals surface area contributed by atoms with Crippen molar-refractivity contribution in [1.29, 1.82) is 0 Å². The highest BCUT2D eigenvalue weighted by Crippen LogP contribution is 2.22. The van der Waals surface area contributed by atoms with Gasteiger partial charge in [-0.15, -0.1) is 0 Å². The fourth-order valence-electron chi connectivity index (χ4n) is 1.73. The Balaban J connectivity index is 2.78. The van der Waals surface area contributed by atoms with E-state index in [1.807, 2.05) is 19.9 Å². The SMILES string of the molecule is CC(C)NCc1ccc(N(CC(F)(F)F)C(C)C)nc1. The number of nitrogens with zero attached hydrogens (tertiary/aromatic N) is 2. The molecule has 1 aromatic heterocycles. The van der Waals surface area contributed by atoms with Gasteiger partial charge in [0.2, 0.25) is 0 Å². The summed E-state index contributed by atoms with van der Waals surface area (Å²) in [7, 11) is 0. The first-order valence-corrected chi connectivity index (χ1v) is 6.70. The molecule has 0 aliphatic heterocycles. The van der Waals surface area contributed by atoms with Crippen molar-refractivity contribution >= 4 is 5.82 Å². The standard InChI is InChI=1S/C14H22F3N3/c1-10(2)18-7-12-5-6-13(19-8-12)20(11(3)4)9-14(15,16)17/h5-6,8,10-11,18H,7,9H2,1-4H3. The Morgan fingerprint density at radius 1 is 1.20 bits per heavy atom. The summed E-state index contributed by atoms with van der Waals surface area (Å²) in [5, 5.41) is 3.24. The van der Waals surface area contributed by atoms with E-state index >= 15 is 0 Å². The number of hydrogen-bond donors (Lipinski definition) is 1. The predicted octanol–water partition coefficient (Wildman–Crippen LogP) is 3.36. The van der Waals surface area contributed by atoms with Crippen molar-refractivity contribution in [2.45, 2.75) is 52.5 Å². The number of aromatic nitrogens is 1. The Morgan fingerprint density at radius 2 is 1.85 bits per heavy atom. The number of anilines is 1. The molecular weight excluding hydrogens is 267 g/mol. The lowest BCUT2D eigenvalue weighted by Gasteiger charge is -2.28. The quantitative estimate of drug-likeness (QED) is 0.870. The summed E-state index contributed by atoms with van der Waals surface area (Å²) in [5.74, 6) is 0.352. The summed E-state index contributed by atoms with van der Waals surface area (Å²) < 4.78 is 37.7. The molecule has 0 spiro atoms. The molecule has 0 saturated heterocycles. The number of pyridine rings is 1. The van der Waals surface area contributed by atoms with Gasteiger partial charge < -0.3 is 10.2 Å². The molecule has 20 heavy (non-hydrogen) atoms. The van der Waals surface area contributed by atoms with Gasteiger partial charge in [-0.25, -0.2) is 4.98 Å². The third-order valence-electron chi connectivity index (χ3n) is 2.79. The first kappa shape index (κ1) is 16.8. The first-order chi connectivity index (χ1) is 9.19. The summed E-state index contributed by atoms with van der Waals surface area (Å²) in [4.78, 5) is 5.40. The van der Waals surface area contributed by atoms with Crippen molar-refractivity contribution in [2.24, 2.45) is 0 Å². The van der Waals surface area contributed by atoms with E-state index in [9.17, 15) is 13.2 Å². The molecule has 114 valence electrons. The molecule has 3 nitrogen and oxygen atoms in total. The summed E-state index contributed by atoms with van der Waals surface area (Å²) in [6.45, 7) is 7.19. The number of rotatable bonds is 6. The van der Waals surface area contributed by atoms with Gasteiger partial charge in [0.25, 0.3) is 0 Å². The summed E-state index contributed by atoms with van der Waals surface area (Å²) >= 11 is 0. The zero-order chi connectivity index (χ0) is 15.3. The molecule has 0 fully saturated rings. The molecular formula is C14H22F3N3. The van der Waals surface area contributed by atoms with Crippen molar-refractivity contribution in [2.75, 3.05) is 11.4 Å². The molecule has 1 heterocycles. The van der Waals surface area contributed by atoms with Gasteiger partial charge in [-0.2, -0.15) is 13.2 Å². The average Bonchev–Trinajstić information content (AvgIpc) is 2.33. The number of hydrogen-bond acceptors (Lipinski definition) is 3. The largest absolute Gasteiger partial charge is 0.405 e. The van der Waals surface area contributed by atoms with Gasteiger partial charge in [-0.05, 0) is 25.5 Å². The summed E-state index contributed by atoms with van der Waals surface area (Å²) in [6.07, 6.45) is -2.61. The van der Waals surface area contributed by atoms with Crippen LogP contribution in [0.15, 0.2) is 18.3 Å². The summed E-state index contributed by atoms with van der Waals surface area (Å²) in [5.41, 5.74) is 0.957. The third-order valence-corrected chi connectivity index (χ3v) is 2.79. The van der Waals surface area contributed by atoms with Crippen molar-refractivity contribution in [3.05, 3.63) is 23.9 Å². The van der Waals surface area contributed by atoms with Crippen LogP contribution in [0, 0.1) is 0 Å². The molecule has 0 radical (unpaired) electrons. The van der Waals surface area contributed by atoms with Crippen molar-refractivity contribution in [3.63, 3.8) is 0 Å². The van der Waals surface area contributed by atoms with Gasteiger partial charge in [-0.3, -0.25) is 0 Å². The van der Waals surface area contributed by atoms with Crippen LogP contribution in [-0.4, -0.2) is 29.8 Å². The lowest BCUT2D eigenvalue weighted by atomic mass is 10.2. The van der Waals surface area contributed by atoms with Crippen molar-refractivity contribution < 1.29 is 13.2 Å². The molecule has 0 bridgehead atoms. The van der Waals surface area contributed by atoms with Crippen LogP contribution in [0.25, 0.3) is 0 Å². The fraction of sp³-hybridized carbons (Fsp3) is 0.643. The van der Waals surface area contributed by atoms with E-state index in [1.54, 1.807) is 26.1 Å². The molecule has 0 aliphatic carbocycles. The Bertz CT molecular complexity index is 399. The van der Waals surface area contributed by atoms with Crippen molar-refractivity contribution in [1.82, 2.24) is 10.3 Å². The Hall–Kier alpha value is -1.30. The van der Waals surface area contributed by atoms with E-state index in [1.165, 1.54) is 4.90 Å². The number of nitrogens with one attached hydrogen (secondary N) is 1. The van der Waals surface area contributed by atoms with Gasteiger partial charge in [-0.1, -0.05) is 19.9 Å². The van der Waals surface area contributed by atoms with Gasteiger partial charge >= 0.3 is 6.18 Å². The molecule has 0 amide bonds. The molecule has 0 aliphatic rings. The first-order valence-electron chi connectivity index (χ1n) is 6.70. The minimum atomic E-state index is -4.23. The number of alkyl halides is 3. The second-order valence-corrected chi connectivity index (χ2v) is 5.40. The van der Waals surface area contributed by atoms with Crippen LogP contribution in [0.1, 0.15) is 33.3 Å². The molecule has 1 N–H and O–H groups in total. The Morgan fingerprint density at radius 3 is 2.25 bits per heavy atom. The summed E-state index contributed by atoms with van der Waals surface area (Å²) in [6, 6.07) is 3.54. The van der Waals surface area contributed by atoms with Crippen LogP contribution in [0.4, 0.5) is 19.0 Å². The minimum absolute atomic E-state index is 0.260. The zero-order valence-electron chi connectivity index (χ0n) is 12.3. The van der Waals surface area contributed by atoms with Gasteiger partial charge in [0.15, 0.2) is 0 Å². The van der Waals surface area contributed by atoms with E-state index in [4.69, 9.17) is 0 Å². The van der Waals surface area contributed by atoms with Gasteiger partial charge in [0.1, 0.15) is 12.4 Å². The molecule has 0 aromatic carbocycles. The highest BCUT2D eigenvalue weighted by atomic mass is 19.4. The maximum Gasteiger partial charge on any atom is 0.405 e. The van der Waals surface area contributed by atoms with Crippen LogP contribution in [0.5, 0.6) is 0 Å². The maximum absolute atomic E-state index is 12.6. The molecule has 0 saturated carbocycles. The van der Waals surface area contributed by atoms with Crippen molar-refractivity contribution in [3.8, 4) is 0 Å². The Labute approximate surface area is 118 Å². The molecule has 6 heteroatoms. The molecule has 1 rings (SSSR count). The fourth-order valence-corrected chi connectivity index (χ4v) is 1.73. The van der Waals surface area contributed by atoms with E-state index < -0.39 is 12.7 Å². The van der Waals surface area contributed by atoms with E-state index in [0.717, 1.165) is 5.56 Å². The maximum atomic E-state index is 12.6. The van der Waals surface area contributed by atoms with E-state index in [2.05, 4.69) is 10.3 Å². The average molecular weight is 289 g/mol. The monoisotopic (exact) mass is 289 g/mol. The van der Waals surface area contributed by atoms with Crippen LogP contribution in [0.3, 0.4) is 0 Å². The topological polar surface area (TPSA) is 28.2 Å². The zero-order valence-corrected chi connectivity index (χ0v) is 12.3. The smallest absolute Gasteiger partial charge is 0.345 e. The van der Waals surface area contributed by atoms with Gasteiger partial charge in [0, 0.05) is 24.8 Å². The normalized spacial score (nSPS) is 12.2. The molecule has 1 aromatic rings. The molecule has 0 unspecified atom stereocenters. The van der Waals surface area contributed by atoms with E-state index in [0.29, 0.717) is 18.4 Å². The van der Waals surface area contributed by atoms with Crippen LogP contribution >= 0.6 is 0 Å². The second-order valence-electron chi connectivity index (χ2n) is 5.40. The lowest BCUT2D eigenvalue weighted by Crippen LogP contribution is -2.39. The Kier molecular flexibility index (Phi) is 5.80. The van der Waals surface area contributed by atoms with E-state index in [-0.39, 0.29) is 6.04 Å². The minimum Gasteiger partial charge on any atom is -0.345 e. The van der Waals surface area contributed by atoms with Crippen LogP contribution in [0.2, 0.25) is 0 Å². The molecule has 0 atom stereocenters. The number of halogens is 3. The van der Waals surface area contributed by atoms with Crippen LogP contribution in [-0.2, 0) is 6.54 Å². The third kappa shape index (κ3) is 5.77. The highest BCUT2D eigenvalue weighted by molar-refractivity contribution is 5.40. The lowest BCUT2D eigenvalue weighted by molar-refractivity contribution is -0.120. The van der Waals surface area contributed by atoms with Gasteiger partial charge in [0.05, 0.1) is 0 Å².